The third-order valence-electron chi connectivity index (χ3n) is 4.14. The lowest BCUT2D eigenvalue weighted by Crippen LogP contribution is -2.13. The quantitative estimate of drug-likeness (QED) is 0.572. The summed E-state index contributed by atoms with van der Waals surface area (Å²) in [6.45, 7) is 1.74. The molecule has 0 saturated carbocycles. The number of hydrogen-bond donors (Lipinski definition) is 1. The van der Waals surface area contributed by atoms with E-state index in [2.05, 4.69) is 10.5 Å². The second-order valence-corrected chi connectivity index (χ2v) is 5.84. The molecule has 4 heteroatoms. The van der Waals surface area contributed by atoms with Crippen molar-refractivity contribution < 1.29 is 9.32 Å². The number of aryl methyl sites for hydroxylation is 1. The predicted molar refractivity (Wildman–Crippen MR) is 98.6 cm³/mol. The van der Waals surface area contributed by atoms with E-state index in [1.807, 2.05) is 72.8 Å². The van der Waals surface area contributed by atoms with E-state index >= 15 is 0 Å². The van der Waals surface area contributed by atoms with Crippen LogP contribution >= 0.6 is 0 Å². The first-order valence-corrected chi connectivity index (χ1v) is 8.04. The van der Waals surface area contributed by atoms with Gasteiger partial charge in [0.15, 0.2) is 0 Å². The molecule has 0 spiro atoms. The number of fused-ring (bicyclic) bond motifs is 1. The first-order valence-electron chi connectivity index (χ1n) is 8.04. The number of carbonyl (C=O) groups is 1. The molecule has 4 aromatic rings. The van der Waals surface area contributed by atoms with Gasteiger partial charge in [0.25, 0.3) is 5.91 Å². The Morgan fingerprint density at radius 1 is 0.920 bits per heavy atom. The largest absolute Gasteiger partial charge is 0.360 e. The van der Waals surface area contributed by atoms with E-state index in [9.17, 15) is 4.79 Å². The highest BCUT2D eigenvalue weighted by Gasteiger charge is 2.21. The molecule has 0 unspecified atom stereocenters. The predicted octanol–water partition coefficient (Wildman–Crippen LogP) is 5.06. The van der Waals surface area contributed by atoms with E-state index in [4.69, 9.17) is 4.52 Å². The minimum absolute atomic E-state index is 0.229. The van der Waals surface area contributed by atoms with Crippen LogP contribution in [0.25, 0.3) is 22.0 Å². The Hall–Kier alpha value is -3.40. The SMILES string of the molecule is Cc1onc(-c2ccccc2)c1C(=O)Nc1ccc2ccccc2c1. The molecule has 1 amide bonds. The average Bonchev–Trinajstić information content (AvgIpc) is 3.04. The fourth-order valence-electron chi connectivity index (χ4n) is 2.89. The zero-order chi connectivity index (χ0) is 17.2. The van der Waals surface area contributed by atoms with Gasteiger partial charge in [0, 0.05) is 11.3 Å². The van der Waals surface area contributed by atoms with Gasteiger partial charge in [0.2, 0.25) is 0 Å². The van der Waals surface area contributed by atoms with E-state index in [0.717, 1.165) is 22.0 Å². The van der Waals surface area contributed by atoms with Gasteiger partial charge in [0.1, 0.15) is 17.0 Å². The maximum atomic E-state index is 12.8. The van der Waals surface area contributed by atoms with Crippen LogP contribution in [-0.4, -0.2) is 11.1 Å². The van der Waals surface area contributed by atoms with E-state index in [0.29, 0.717) is 17.0 Å². The summed E-state index contributed by atoms with van der Waals surface area (Å²) in [7, 11) is 0. The monoisotopic (exact) mass is 328 g/mol. The molecule has 0 radical (unpaired) electrons. The number of nitrogens with zero attached hydrogens (tertiary/aromatic N) is 1. The number of hydrogen-bond acceptors (Lipinski definition) is 3. The lowest BCUT2D eigenvalue weighted by Gasteiger charge is -2.07. The smallest absolute Gasteiger partial charge is 0.261 e. The van der Waals surface area contributed by atoms with Crippen molar-refractivity contribution in [1.29, 1.82) is 0 Å². The molecule has 0 aliphatic carbocycles. The molecular weight excluding hydrogens is 312 g/mol. The first kappa shape index (κ1) is 15.1. The van der Waals surface area contributed by atoms with Crippen LogP contribution in [0, 0.1) is 6.92 Å². The Kier molecular flexibility index (Phi) is 3.78. The Labute approximate surface area is 145 Å². The van der Waals surface area contributed by atoms with Crippen LogP contribution in [-0.2, 0) is 0 Å². The van der Waals surface area contributed by atoms with Crippen molar-refractivity contribution in [1.82, 2.24) is 5.16 Å². The van der Waals surface area contributed by atoms with Gasteiger partial charge < -0.3 is 9.84 Å². The number of anilines is 1. The Balaban J connectivity index is 1.68. The van der Waals surface area contributed by atoms with Gasteiger partial charge in [-0.25, -0.2) is 0 Å². The van der Waals surface area contributed by atoms with Gasteiger partial charge in [-0.2, -0.15) is 0 Å². The van der Waals surface area contributed by atoms with E-state index < -0.39 is 0 Å². The van der Waals surface area contributed by atoms with Gasteiger partial charge in [-0.05, 0) is 29.8 Å². The maximum Gasteiger partial charge on any atom is 0.261 e. The summed E-state index contributed by atoms with van der Waals surface area (Å²) in [6, 6.07) is 23.4. The fourth-order valence-corrected chi connectivity index (χ4v) is 2.89. The van der Waals surface area contributed by atoms with Crippen molar-refractivity contribution in [2.75, 3.05) is 5.32 Å². The van der Waals surface area contributed by atoms with E-state index in [-0.39, 0.29) is 5.91 Å². The summed E-state index contributed by atoms with van der Waals surface area (Å²) in [5, 5.41) is 9.22. The summed E-state index contributed by atoms with van der Waals surface area (Å²) in [4.78, 5) is 12.8. The molecular formula is C21H16N2O2. The van der Waals surface area contributed by atoms with Crippen molar-refractivity contribution in [2.45, 2.75) is 6.92 Å². The molecule has 0 atom stereocenters. The lowest BCUT2D eigenvalue weighted by atomic mass is 10.1. The van der Waals surface area contributed by atoms with Crippen molar-refractivity contribution in [2.24, 2.45) is 0 Å². The van der Waals surface area contributed by atoms with Crippen molar-refractivity contribution in [3.05, 3.63) is 84.1 Å². The zero-order valence-electron chi connectivity index (χ0n) is 13.7. The van der Waals surface area contributed by atoms with Crippen molar-refractivity contribution in [3.63, 3.8) is 0 Å². The number of aromatic nitrogens is 1. The Bertz CT molecular complexity index is 1050. The number of carbonyl (C=O) groups excluding carboxylic acids is 1. The molecule has 3 aromatic carbocycles. The Morgan fingerprint density at radius 2 is 1.64 bits per heavy atom. The molecule has 1 aromatic heterocycles. The van der Waals surface area contributed by atoms with Gasteiger partial charge in [0.05, 0.1) is 0 Å². The van der Waals surface area contributed by atoms with Crippen LogP contribution in [0.2, 0.25) is 0 Å². The van der Waals surface area contributed by atoms with Crippen LogP contribution in [0.4, 0.5) is 5.69 Å². The minimum Gasteiger partial charge on any atom is -0.360 e. The summed E-state index contributed by atoms with van der Waals surface area (Å²) in [5.41, 5.74) is 2.60. The van der Waals surface area contributed by atoms with Crippen molar-refractivity contribution in [3.8, 4) is 11.3 Å². The minimum atomic E-state index is -0.229. The molecule has 122 valence electrons. The van der Waals surface area contributed by atoms with E-state index in [1.165, 1.54) is 0 Å². The lowest BCUT2D eigenvalue weighted by molar-refractivity contribution is 0.102. The highest BCUT2D eigenvalue weighted by Crippen LogP contribution is 2.26. The molecule has 1 N–H and O–H groups in total. The van der Waals surface area contributed by atoms with Crippen LogP contribution in [0.5, 0.6) is 0 Å². The summed E-state index contributed by atoms with van der Waals surface area (Å²) < 4.78 is 5.27. The van der Waals surface area contributed by atoms with Crippen LogP contribution in [0.15, 0.2) is 77.3 Å². The molecule has 0 aliphatic rings. The first-order chi connectivity index (χ1) is 12.2. The number of amides is 1. The topological polar surface area (TPSA) is 55.1 Å². The molecule has 0 fully saturated rings. The molecule has 4 rings (SSSR count). The summed E-state index contributed by atoms with van der Waals surface area (Å²) >= 11 is 0. The Morgan fingerprint density at radius 3 is 2.44 bits per heavy atom. The normalized spacial score (nSPS) is 10.8. The molecule has 0 aliphatic heterocycles. The average molecular weight is 328 g/mol. The van der Waals surface area contributed by atoms with Gasteiger partial charge in [-0.3, -0.25) is 4.79 Å². The second kappa shape index (κ2) is 6.24. The zero-order valence-corrected chi connectivity index (χ0v) is 13.7. The highest BCUT2D eigenvalue weighted by atomic mass is 16.5. The second-order valence-electron chi connectivity index (χ2n) is 5.84. The van der Waals surface area contributed by atoms with Crippen LogP contribution in [0.3, 0.4) is 0 Å². The molecule has 4 nitrogen and oxygen atoms in total. The number of nitrogens with one attached hydrogen (secondary N) is 1. The van der Waals surface area contributed by atoms with Crippen molar-refractivity contribution >= 4 is 22.4 Å². The third kappa shape index (κ3) is 2.90. The summed E-state index contributed by atoms with van der Waals surface area (Å²) in [5.74, 6) is 0.269. The molecule has 0 bridgehead atoms. The highest BCUT2D eigenvalue weighted by molar-refractivity contribution is 6.09. The van der Waals surface area contributed by atoms with Gasteiger partial charge in [-0.1, -0.05) is 65.8 Å². The molecule has 0 saturated heterocycles. The summed E-state index contributed by atoms with van der Waals surface area (Å²) in [6.07, 6.45) is 0. The van der Waals surface area contributed by atoms with Crippen LogP contribution in [0.1, 0.15) is 16.1 Å². The third-order valence-corrected chi connectivity index (χ3v) is 4.14. The number of rotatable bonds is 3. The number of benzene rings is 3. The van der Waals surface area contributed by atoms with Gasteiger partial charge in [-0.15, -0.1) is 0 Å². The maximum absolute atomic E-state index is 12.8. The molecule has 25 heavy (non-hydrogen) atoms. The fraction of sp³-hybridized carbons (Fsp3) is 0.0476. The van der Waals surface area contributed by atoms with E-state index in [1.54, 1.807) is 6.92 Å². The molecule has 1 heterocycles. The van der Waals surface area contributed by atoms with Crippen LogP contribution < -0.4 is 5.32 Å². The standard InChI is InChI=1S/C21H16N2O2/c1-14-19(20(23-25-14)16-8-3-2-4-9-16)21(24)22-18-12-11-15-7-5-6-10-17(15)13-18/h2-13H,1H3,(H,22,24). The van der Waals surface area contributed by atoms with Gasteiger partial charge >= 0.3 is 0 Å².